The summed E-state index contributed by atoms with van der Waals surface area (Å²) < 4.78 is 5.57. The summed E-state index contributed by atoms with van der Waals surface area (Å²) in [6.45, 7) is 2.23. The van der Waals surface area contributed by atoms with Gasteiger partial charge in [0.15, 0.2) is 11.2 Å². The zero-order valence-corrected chi connectivity index (χ0v) is 14.4. The van der Waals surface area contributed by atoms with Crippen LogP contribution in [0.25, 0.3) is 11.0 Å². The number of carbonyl (C=O) groups excluding carboxylic acids is 1. The average molecular weight is 357 g/mol. The van der Waals surface area contributed by atoms with Crippen LogP contribution in [0.5, 0.6) is 0 Å². The van der Waals surface area contributed by atoms with E-state index in [-0.39, 0.29) is 11.2 Å². The fourth-order valence-electron chi connectivity index (χ4n) is 2.48. The van der Waals surface area contributed by atoms with Crippen molar-refractivity contribution in [2.24, 2.45) is 0 Å². The third kappa shape index (κ3) is 3.83. The number of nitrogens with one attached hydrogen (secondary N) is 1. The van der Waals surface area contributed by atoms with E-state index in [0.29, 0.717) is 34.6 Å². The SMILES string of the molecule is Cc1cc2oc(C(=O)NCCc3ccc(N)cc3)cc(=O)c2cc1Cl. The van der Waals surface area contributed by atoms with Crippen molar-refractivity contribution in [2.75, 3.05) is 12.3 Å². The maximum atomic E-state index is 12.2. The Morgan fingerprint density at radius 3 is 2.64 bits per heavy atom. The fraction of sp³-hybridized carbons (Fsp3) is 0.158. The number of amides is 1. The number of anilines is 1. The summed E-state index contributed by atoms with van der Waals surface area (Å²) in [4.78, 5) is 24.4. The molecule has 128 valence electrons. The van der Waals surface area contributed by atoms with Crippen LogP contribution >= 0.6 is 11.6 Å². The van der Waals surface area contributed by atoms with Crippen molar-refractivity contribution in [3.63, 3.8) is 0 Å². The highest BCUT2D eigenvalue weighted by atomic mass is 35.5. The number of aryl methyl sites for hydroxylation is 1. The number of nitrogens with two attached hydrogens (primary N) is 1. The number of fused-ring (bicyclic) bond motifs is 1. The number of benzene rings is 2. The topological polar surface area (TPSA) is 85.3 Å². The first-order chi connectivity index (χ1) is 11.9. The monoisotopic (exact) mass is 356 g/mol. The first-order valence-corrected chi connectivity index (χ1v) is 8.18. The van der Waals surface area contributed by atoms with Crippen molar-refractivity contribution in [2.45, 2.75) is 13.3 Å². The van der Waals surface area contributed by atoms with Gasteiger partial charge in [0.1, 0.15) is 5.58 Å². The number of halogens is 1. The van der Waals surface area contributed by atoms with Crippen LogP contribution in [-0.2, 0) is 6.42 Å². The highest BCUT2D eigenvalue weighted by molar-refractivity contribution is 6.32. The molecule has 0 saturated heterocycles. The Hall–Kier alpha value is -2.79. The van der Waals surface area contributed by atoms with E-state index in [2.05, 4.69) is 5.32 Å². The molecule has 0 aliphatic carbocycles. The molecule has 3 aromatic rings. The van der Waals surface area contributed by atoms with E-state index in [1.807, 2.05) is 24.3 Å². The number of hydrogen-bond donors (Lipinski definition) is 2. The Kier molecular flexibility index (Phi) is 4.76. The molecular formula is C19H17ClN2O3. The zero-order chi connectivity index (χ0) is 18.0. The average Bonchev–Trinajstić information content (AvgIpc) is 2.58. The molecule has 3 rings (SSSR count). The third-order valence-corrected chi connectivity index (χ3v) is 4.32. The van der Waals surface area contributed by atoms with E-state index in [4.69, 9.17) is 21.8 Å². The summed E-state index contributed by atoms with van der Waals surface area (Å²) >= 11 is 6.03. The molecule has 5 nitrogen and oxygen atoms in total. The van der Waals surface area contributed by atoms with Crippen LogP contribution in [0.4, 0.5) is 5.69 Å². The maximum Gasteiger partial charge on any atom is 0.287 e. The summed E-state index contributed by atoms with van der Waals surface area (Å²) in [7, 11) is 0. The molecule has 0 spiro atoms. The Balaban J connectivity index is 1.74. The fourth-order valence-corrected chi connectivity index (χ4v) is 2.64. The van der Waals surface area contributed by atoms with Crippen molar-refractivity contribution in [3.05, 3.63) is 74.6 Å². The lowest BCUT2D eigenvalue weighted by Gasteiger charge is -2.07. The van der Waals surface area contributed by atoms with Crippen LogP contribution in [-0.4, -0.2) is 12.5 Å². The molecule has 1 aromatic heterocycles. The minimum atomic E-state index is -0.429. The lowest BCUT2D eigenvalue weighted by molar-refractivity contribution is 0.0927. The Morgan fingerprint density at radius 2 is 1.92 bits per heavy atom. The summed E-state index contributed by atoms with van der Waals surface area (Å²) in [5.74, 6) is -0.446. The smallest absolute Gasteiger partial charge is 0.287 e. The summed E-state index contributed by atoms with van der Waals surface area (Å²) in [5, 5.41) is 3.59. The highest BCUT2D eigenvalue weighted by Gasteiger charge is 2.13. The first kappa shape index (κ1) is 17.0. The molecule has 0 radical (unpaired) electrons. The van der Waals surface area contributed by atoms with Gasteiger partial charge in [0.25, 0.3) is 5.91 Å². The zero-order valence-electron chi connectivity index (χ0n) is 13.6. The highest BCUT2D eigenvalue weighted by Crippen LogP contribution is 2.22. The minimum absolute atomic E-state index is 0.0171. The second-order valence-corrected chi connectivity index (χ2v) is 6.23. The molecule has 1 heterocycles. The third-order valence-electron chi connectivity index (χ3n) is 3.91. The molecule has 0 atom stereocenters. The lowest BCUT2D eigenvalue weighted by atomic mass is 10.1. The molecule has 25 heavy (non-hydrogen) atoms. The van der Waals surface area contributed by atoms with Crippen LogP contribution in [0.2, 0.25) is 5.02 Å². The predicted molar refractivity (Wildman–Crippen MR) is 99.1 cm³/mol. The molecule has 3 N–H and O–H groups in total. The molecular weight excluding hydrogens is 340 g/mol. The molecule has 0 bridgehead atoms. The number of carbonyl (C=O) groups is 1. The van der Waals surface area contributed by atoms with Crippen LogP contribution < -0.4 is 16.5 Å². The second kappa shape index (κ2) is 6.99. The molecule has 0 aliphatic rings. The summed E-state index contributed by atoms with van der Waals surface area (Å²) in [6, 6.07) is 11.8. The molecule has 1 amide bonds. The maximum absolute atomic E-state index is 12.2. The molecule has 0 fully saturated rings. The van der Waals surface area contributed by atoms with Crippen molar-refractivity contribution < 1.29 is 9.21 Å². The van der Waals surface area contributed by atoms with Gasteiger partial charge in [-0.05, 0) is 48.7 Å². The van der Waals surface area contributed by atoms with Crippen LogP contribution in [0, 0.1) is 6.92 Å². The van der Waals surface area contributed by atoms with Gasteiger partial charge in [-0.15, -0.1) is 0 Å². The van der Waals surface area contributed by atoms with Gasteiger partial charge in [-0.1, -0.05) is 23.7 Å². The van der Waals surface area contributed by atoms with Gasteiger partial charge in [0.05, 0.1) is 5.39 Å². The van der Waals surface area contributed by atoms with Gasteiger partial charge in [-0.2, -0.15) is 0 Å². The molecule has 6 heteroatoms. The predicted octanol–water partition coefficient (Wildman–Crippen LogP) is 3.31. The Morgan fingerprint density at radius 1 is 1.20 bits per heavy atom. The minimum Gasteiger partial charge on any atom is -0.451 e. The van der Waals surface area contributed by atoms with Crippen molar-refractivity contribution in [1.29, 1.82) is 0 Å². The van der Waals surface area contributed by atoms with E-state index < -0.39 is 5.91 Å². The van der Waals surface area contributed by atoms with Crippen molar-refractivity contribution in [3.8, 4) is 0 Å². The van der Waals surface area contributed by atoms with E-state index in [1.165, 1.54) is 6.07 Å². The van der Waals surface area contributed by atoms with Crippen molar-refractivity contribution >= 4 is 34.2 Å². The Bertz CT molecular complexity index is 994. The number of rotatable bonds is 4. The molecule has 0 aliphatic heterocycles. The Labute approximate surface area is 149 Å². The van der Waals surface area contributed by atoms with Crippen molar-refractivity contribution in [1.82, 2.24) is 5.32 Å². The molecule has 2 aromatic carbocycles. The van der Waals surface area contributed by atoms with E-state index in [0.717, 1.165) is 11.1 Å². The van der Waals surface area contributed by atoms with Gasteiger partial charge in [-0.3, -0.25) is 9.59 Å². The second-order valence-electron chi connectivity index (χ2n) is 5.82. The molecule has 0 saturated carbocycles. The lowest BCUT2D eigenvalue weighted by Crippen LogP contribution is -2.26. The normalized spacial score (nSPS) is 10.8. The van der Waals surface area contributed by atoms with Crippen LogP contribution in [0.1, 0.15) is 21.7 Å². The quantitative estimate of drug-likeness (QED) is 0.702. The van der Waals surface area contributed by atoms with Crippen LogP contribution in [0.3, 0.4) is 0 Å². The standard InChI is InChI=1S/C19H17ClN2O3/c1-11-8-17-14(9-15(11)20)16(23)10-18(25-17)19(24)22-7-6-12-2-4-13(21)5-3-12/h2-5,8-10H,6-7,21H2,1H3,(H,22,24). The van der Waals surface area contributed by atoms with E-state index in [9.17, 15) is 9.59 Å². The summed E-state index contributed by atoms with van der Waals surface area (Å²) in [5.41, 5.74) is 8.21. The van der Waals surface area contributed by atoms with E-state index >= 15 is 0 Å². The van der Waals surface area contributed by atoms with E-state index in [1.54, 1.807) is 19.1 Å². The van der Waals surface area contributed by atoms with Gasteiger partial charge < -0.3 is 15.5 Å². The van der Waals surface area contributed by atoms with Crippen LogP contribution in [0.15, 0.2) is 51.7 Å². The van der Waals surface area contributed by atoms with Gasteiger partial charge in [0.2, 0.25) is 0 Å². The number of hydrogen-bond acceptors (Lipinski definition) is 4. The van der Waals surface area contributed by atoms with Gasteiger partial charge in [-0.25, -0.2) is 0 Å². The summed E-state index contributed by atoms with van der Waals surface area (Å²) in [6.07, 6.45) is 0.651. The van der Waals surface area contributed by atoms with Gasteiger partial charge >= 0.3 is 0 Å². The number of nitrogen functional groups attached to an aromatic ring is 1. The van der Waals surface area contributed by atoms with Gasteiger partial charge in [0, 0.05) is 23.3 Å². The molecule has 0 unspecified atom stereocenters. The largest absolute Gasteiger partial charge is 0.451 e. The first-order valence-electron chi connectivity index (χ1n) is 7.80.